The molecule has 1 unspecified atom stereocenters. The van der Waals surface area contributed by atoms with Crippen molar-refractivity contribution < 1.29 is 37.0 Å². The zero-order chi connectivity index (χ0) is 20.9. The Balaban J connectivity index is 0.000000345. The maximum atomic E-state index is 13.8. The molecule has 2 saturated heterocycles. The van der Waals surface area contributed by atoms with Crippen LogP contribution < -0.4 is 0 Å². The van der Waals surface area contributed by atoms with Crippen LogP contribution in [0.5, 0.6) is 0 Å². The lowest BCUT2D eigenvalue weighted by molar-refractivity contribution is -0.192. The van der Waals surface area contributed by atoms with Crippen LogP contribution in [0.1, 0.15) is 23.2 Å². The number of aliphatic carboxylic acids is 1. The third kappa shape index (κ3) is 4.99. The second-order valence-electron chi connectivity index (χ2n) is 6.71. The van der Waals surface area contributed by atoms with E-state index in [1.807, 2.05) is 0 Å². The van der Waals surface area contributed by atoms with Crippen LogP contribution in [0.15, 0.2) is 24.3 Å². The molecule has 1 spiro atoms. The number of nitrogens with zero attached hydrogens (tertiary/aromatic N) is 2. The number of hydrogen-bond acceptors (Lipinski definition) is 4. The lowest BCUT2D eigenvalue weighted by Crippen LogP contribution is -2.62. The van der Waals surface area contributed by atoms with Crippen molar-refractivity contribution in [3.05, 3.63) is 35.6 Å². The summed E-state index contributed by atoms with van der Waals surface area (Å²) in [4.78, 5) is 25.5. The maximum Gasteiger partial charge on any atom is 0.490 e. The predicted molar refractivity (Wildman–Crippen MR) is 91.4 cm³/mol. The number of alkyl halides is 3. The number of hydrogen-bond donors (Lipinski definition) is 1. The van der Waals surface area contributed by atoms with Gasteiger partial charge in [-0.2, -0.15) is 13.2 Å². The van der Waals surface area contributed by atoms with E-state index in [4.69, 9.17) is 14.6 Å². The summed E-state index contributed by atoms with van der Waals surface area (Å²) < 4.78 is 50.6. The molecule has 0 aliphatic carbocycles. The Kier molecular flexibility index (Phi) is 7.00. The summed E-state index contributed by atoms with van der Waals surface area (Å²) in [5, 5.41) is 7.12. The summed E-state index contributed by atoms with van der Waals surface area (Å²) in [5.74, 6) is -3.38. The standard InChI is InChI=1S/C16H21FN2O2.C2HF3O2/c1-21-11-10-19-9-7-16(19)6-8-18(12-16)15(20)13-4-2-3-5-14(13)17;3-2(4,5)1(6)7/h2-5H,6-12H2,1H3;(H,6,7). The monoisotopic (exact) mass is 406 g/mol. The van der Waals surface area contributed by atoms with Gasteiger partial charge in [0.05, 0.1) is 12.2 Å². The fourth-order valence-corrected chi connectivity index (χ4v) is 3.43. The van der Waals surface area contributed by atoms with E-state index in [1.54, 1.807) is 30.2 Å². The molecule has 2 heterocycles. The SMILES string of the molecule is COCCN1CCC12CCN(C(=O)c1ccccc1F)C2.O=C(O)C(F)(F)F. The van der Waals surface area contributed by atoms with E-state index >= 15 is 0 Å². The number of carboxylic acid groups (broad SMARTS) is 1. The van der Waals surface area contributed by atoms with Gasteiger partial charge in [-0.3, -0.25) is 9.69 Å². The van der Waals surface area contributed by atoms with E-state index in [9.17, 15) is 22.4 Å². The number of ether oxygens (including phenoxy) is 1. The number of carbonyl (C=O) groups excluding carboxylic acids is 1. The van der Waals surface area contributed by atoms with Crippen molar-refractivity contribution in [3.63, 3.8) is 0 Å². The van der Waals surface area contributed by atoms with Gasteiger partial charge in [0.2, 0.25) is 0 Å². The Morgan fingerprint density at radius 2 is 1.82 bits per heavy atom. The first-order chi connectivity index (χ1) is 13.1. The van der Waals surface area contributed by atoms with Gasteiger partial charge in [-0.25, -0.2) is 9.18 Å². The molecule has 3 rings (SSSR count). The predicted octanol–water partition coefficient (Wildman–Crippen LogP) is 2.40. The highest BCUT2D eigenvalue weighted by Gasteiger charge is 2.49. The van der Waals surface area contributed by atoms with Crippen LogP contribution in [-0.4, -0.2) is 78.4 Å². The average Bonchev–Trinajstić information content (AvgIpc) is 3.09. The first-order valence-electron chi connectivity index (χ1n) is 8.68. The number of benzene rings is 1. The molecular formula is C18H22F4N2O4. The number of likely N-dealkylation sites (tertiary alicyclic amines) is 2. The van der Waals surface area contributed by atoms with E-state index in [-0.39, 0.29) is 17.0 Å². The number of methoxy groups -OCH3 is 1. The fraction of sp³-hybridized carbons (Fsp3) is 0.556. The van der Waals surface area contributed by atoms with Gasteiger partial charge in [-0.15, -0.1) is 0 Å². The normalized spacial score (nSPS) is 21.8. The Morgan fingerprint density at radius 3 is 2.32 bits per heavy atom. The molecule has 1 N–H and O–H groups in total. The van der Waals surface area contributed by atoms with Crippen LogP contribution in [0, 0.1) is 5.82 Å². The minimum absolute atomic E-state index is 0.0967. The first kappa shape index (κ1) is 22.1. The van der Waals surface area contributed by atoms with Crippen LogP contribution >= 0.6 is 0 Å². The smallest absolute Gasteiger partial charge is 0.475 e. The zero-order valence-electron chi connectivity index (χ0n) is 15.3. The molecule has 156 valence electrons. The highest BCUT2D eigenvalue weighted by molar-refractivity contribution is 5.94. The van der Waals surface area contributed by atoms with Crippen LogP contribution in [0.3, 0.4) is 0 Å². The van der Waals surface area contributed by atoms with Crippen LogP contribution in [0.25, 0.3) is 0 Å². The van der Waals surface area contributed by atoms with Crippen LogP contribution in [0.4, 0.5) is 17.6 Å². The number of carbonyl (C=O) groups is 2. The maximum absolute atomic E-state index is 13.8. The van der Waals surface area contributed by atoms with Crippen molar-refractivity contribution >= 4 is 11.9 Å². The van der Waals surface area contributed by atoms with E-state index in [2.05, 4.69) is 4.90 Å². The van der Waals surface area contributed by atoms with Crippen molar-refractivity contribution in [3.8, 4) is 0 Å². The quantitative estimate of drug-likeness (QED) is 0.778. The Labute approximate surface area is 159 Å². The molecule has 2 aliphatic heterocycles. The number of amides is 1. The molecule has 6 nitrogen and oxygen atoms in total. The lowest BCUT2D eigenvalue weighted by atomic mass is 9.84. The average molecular weight is 406 g/mol. The molecule has 0 aromatic heterocycles. The van der Waals surface area contributed by atoms with Gasteiger partial charge in [0, 0.05) is 38.8 Å². The lowest BCUT2D eigenvalue weighted by Gasteiger charge is -2.50. The van der Waals surface area contributed by atoms with Crippen molar-refractivity contribution in [2.24, 2.45) is 0 Å². The van der Waals surface area contributed by atoms with E-state index in [1.165, 1.54) is 6.07 Å². The molecule has 1 amide bonds. The highest BCUT2D eigenvalue weighted by Crippen LogP contribution is 2.39. The molecule has 1 aromatic carbocycles. The van der Waals surface area contributed by atoms with Crippen molar-refractivity contribution in [2.75, 3.05) is 39.9 Å². The van der Waals surface area contributed by atoms with Crippen molar-refractivity contribution in [1.82, 2.24) is 9.80 Å². The molecule has 2 fully saturated rings. The molecule has 0 saturated carbocycles. The molecule has 0 radical (unpaired) electrons. The number of halogens is 4. The number of rotatable bonds is 4. The van der Waals surface area contributed by atoms with Gasteiger partial charge in [0.15, 0.2) is 0 Å². The molecular weight excluding hydrogens is 384 g/mol. The third-order valence-electron chi connectivity index (χ3n) is 5.05. The van der Waals surface area contributed by atoms with E-state index in [0.717, 1.165) is 25.9 Å². The van der Waals surface area contributed by atoms with E-state index < -0.39 is 18.0 Å². The van der Waals surface area contributed by atoms with Crippen LogP contribution in [-0.2, 0) is 9.53 Å². The number of carboxylic acids is 1. The summed E-state index contributed by atoms with van der Waals surface area (Å²) in [6.45, 7) is 4.08. The van der Waals surface area contributed by atoms with Gasteiger partial charge in [0.1, 0.15) is 5.82 Å². The fourth-order valence-electron chi connectivity index (χ4n) is 3.43. The van der Waals surface area contributed by atoms with Gasteiger partial charge in [0.25, 0.3) is 5.91 Å². The van der Waals surface area contributed by atoms with Gasteiger partial charge < -0.3 is 14.7 Å². The zero-order valence-corrected chi connectivity index (χ0v) is 15.3. The first-order valence-corrected chi connectivity index (χ1v) is 8.68. The molecule has 2 aliphatic rings. The largest absolute Gasteiger partial charge is 0.490 e. The van der Waals surface area contributed by atoms with Crippen molar-refractivity contribution in [2.45, 2.75) is 24.6 Å². The minimum atomic E-state index is -5.08. The van der Waals surface area contributed by atoms with Gasteiger partial charge in [-0.05, 0) is 25.0 Å². The molecule has 28 heavy (non-hydrogen) atoms. The second-order valence-corrected chi connectivity index (χ2v) is 6.71. The summed E-state index contributed by atoms with van der Waals surface area (Å²) in [7, 11) is 1.70. The Morgan fingerprint density at radius 1 is 1.21 bits per heavy atom. The summed E-state index contributed by atoms with van der Waals surface area (Å²) >= 11 is 0. The Hall–Kier alpha value is -2.20. The molecule has 1 aromatic rings. The molecule has 0 bridgehead atoms. The summed E-state index contributed by atoms with van der Waals surface area (Å²) in [5.41, 5.74) is 0.275. The highest BCUT2D eigenvalue weighted by atomic mass is 19.4. The summed E-state index contributed by atoms with van der Waals surface area (Å²) in [6.07, 6.45) is -3.01. The minimum Gasteiger partial charge on any atom is -0.475 e. The van der Waals surface area contributed by atoms with E-state index in [0.29, 0.717) is 19.7 Å². The Bertz CT molecular complexity index is 713. The topological polar surface area (TPSA) is 70.1 Å². The van der Waals surface area contributed by atoms with Crippen LogP contribution in [0.2, 0.25) is 0 Å². The molecule has 1 atom stereocenters. The van der Waals surface area contributed by atoms with Gasteiger partial charge in [-0.1, -0.05) is 12.1 Å². The molecule has 10 heteroatoms. The second kappa shape index (κ2) is 8.87. The van der Waals surface area contributed by atoms with Gasteiger partial charge >= 0.3 is 12.1 Å². The summed E-state index contributed by atoms with van der Waals surface area (Å²) in [6, 6.07) is 6.21. The van der Waals surface area contributed by atoms with Crippen molar-refractivity contribution in [1.29, 1.82) is 0 Å². The third-order valence-corrected chi connectivity index (χ3v) is 5.05.